The fourth-order valence-electron chi connectivity index (χ4n) is 5.01. The Morgan fingerprint density at radius 3 is 2.65 bits per heavy atom. The van der Waals surface area contributed by atoms with Gasteiger partial charge in [0.2, 0.25) is 11.8 Å². The van der Waals surface area contributed by atoms with Gasteiger partial charge in [-0.1, -0.05) is 36.4 Å². The molecule has 2 heterocycles. The number of amides is 2. The first-order chi connectivity index (χ1) is 16.4. The van der Waals surface area contributed by atoms with Crippen LogP contribution in [-0.4, -0.2) is 39.8 Å². The second-order valence-electron chi connectivity index (χ2n) is 9.18. The summed E-state index contributed by atoms with van der Waals surface area (Å²) in [5.74, 6) is -0.477. The molecular weight excluding hydrogens is 426 g/mol. The van der Waals surface area contributed by atoms with Gasteiger partial charge in [0.1, 0.15) is 0 Å². The molecule has 4 rings (SSSR count). The van der Waals surface area contributed by atoms with Crippen molar-refractivity contribution in [2.75, 3.05) is 13.1 Å². The molecule has 7 heteroatoms. The van der Waals surface area contributed by atoms with Crippen molar-refractivity contribution in [3.05, 3.63) is 89.0 Å². The fraction of sp³-hybridized carbons (Fsp3) is 0.333. The lowest BCUT2D eigenvalue weighted by Crippen LogP contribution is -2.56. The number of imidazole rings is 1. The van der Waals surface area contributed by atoms with E-state index in [9.17, 15) is 9.59 Å². The Hall–Kier alpha value is -3.92. The van der Waals surface area contributed by atoms with E-state index in [1.54, 1.807) is 24.7 Å². The number of piperidine rings is 1. The maximum atomic E-state index is 13.1. The van der Waals surface area contributed by atoms with Crippen molar-refractivity contribution < 1.29 is 9.59 Å². The minimum absolute atomic E-state index is 0.00282. The van der Waals surface area contributed by atoms with Gasteiger partial charge in [-0.05, 0) is 60.9 Å². The van der Waals surface area contributed by atoms with Gasteiger partial charge in [0.15, 0.2) is 0 Å². The summed E-state index contributed by atoms with van der Waals surface area (Å²) >= 11 is 0. The summed E-state index contributed by atoms with van der Waals surface area (Å²) in [7, 11) is 0. The summed E-state index contributed by atoms with van der Waals surface area (Å²) in [6.07, 6.45) is 5.10. The predicted octanol–water partition coefficient (Wildman–Crippen LogP) is 2.94. The molecule has 3 aromatic rings. The van der Waals surface area contributed by atoms with E-state index in [1.165, 1.54) is 0 Å². The van der Waals surface area contributed by atoms with Crippen LogP contribution in [0.1, 0.15) is 34.4 Å². The molecule has 2 amide bonds. The number of hydrogen-bond donors (Lipinski definition) is 2. The second-order valence-corrected chi connectivity index (χ2v) is 9.18. The molecule has 0 spiro atoms. The zero-order chi connectivity index (χ0) is 24.1. The number of primary amides is 1. The van der Waals surface area contributed by atoms with Gasteiger partial charge in [0.25, 0.3) is 0 Å². The van der Waals surface area contributed by atoms with Crippen molar-refractivity contribution in [3.8, 4) is 6.07 Å². The molecule has 1 fully saturated rings. The Morgan fingerprint density at radius 1 is 1.24 bits per heavy atom. The number of carbonyl (C=O) groups is 2. The average molecular weight is 456 g/mol. The van der Waals surface area contributed by atoms with Crippen LogP contribution in [0, 0.1) is 29.6 Å². The molecule has 0 bridgehead atoms. The summed E-state index contributed by atoms with van der Waals surface area (Å²) in [6, 6.07) is 17.6. The normalized spacial score (nSPS) is 20.0. The van der Waals surface area contributed by atoms with Crippen LogP contribution < -0.4 is 5.73 Å². The van der Waals surface area contributed by atoms with Crippen LogP contribution in [0.2, 0.25) is 0 Å². The van der Waals surface area contributed by atoms with Gasteiger partial charge in [0.05, 0.1) is 29.8 Å². The number of hydrogen-bond acceptors (Lipinski definition) is 4. The number of rotatable bonds is 7. The highest BCUT2D eigenvalue weighted by molar-refractivity contribution is 5.83. The van der Waals surface area contributed by atoms with Crippen LogP contribution in [0.15, 0.2) is 61.1 Å². The molecule has 0 saturated carbocycles. The molecular formula is C27H29N5O2. The first kappa shape index (κ1) is 23.2. The van der Waals surface area contributed by atoms with E-state index in [4.69, 9.17) is 11.0 Å². The van der Waals surface area contributed by atoms with E-state index < -0.39 is 5.41 Å². The lowest BCUT2D eigenvalue weighted by atomic mass is 9.64. The highest BCUT2D eigenvalue weighted by Crippen LogP contribution is 2.42. The Bertz CT molecular complexity index is 1200. The number of nitrogens with zero attached hydrogens (tertiary/aromatic N) is 3. The number of aromatic amines is 1. The first-order valence-corrected chi connectivity index (χ1v) is 11.5. The van der Waals surface area contributed by atoms with Crippen LogP contribution in [0.4, 0.5) is 0 Å². The van der Waals surface area contributed by atoms with Crippen molar-refractivity contribution in [1.29, 1.82) is 5.26 Å². The van der Waals surface area contributed by atoms with Crippen molar-refractivity contribution in [2.45, 2.75) is 32.6 Å². The van der Waals surface area contributed by atoms with E-state index in [0.717, 1.165) is 22.4 Å². The third-order valence-electron chi connectivity index (χ3n) is 7.12. The molecule has 34 heavy (non-hydrogen) atoms. The molecule has 2 atom stereocenters. The van der Waals surface area contributed by atoms with Gasteiger partial charge in [0, 0.05) is 25.0 Å². The molecule has 2 aromatic carbocycles. The summed E-state index contributed by atoms with van der Waals surface area (Å²) in [4.78, 5) is 35.0. The SMILES string of the molecule is Cc1ccccc1CC1(C(N)=O)CCN(C(=O)Cc2cnc[nH]2)CC1Cc1ccc(C#N)cc1. The maximum absolute atomic E-state index is 13.1. The van der Waals surface area contributed by atoms with E-state index in [2.05, 4.69) is 22.1 Å². The van der Waals surface area contributed by atoms with Crippen LogP contribution in [0.25, 0.3) is 0 Å². The van der Waals surface area contributed by atoms with Crippen molar-refractivity contribution in [1.82, 2.24) is 14.9 Å². The number of aryl methyl sites for hydroxylation is 1. The van der Waals surface area contributed by atoms with E-state index in [1.807, 2.05) is 42.2 Å². The maximum Gasteiger partial charge on any atom is 0.228 e. The first-order valence-electron chi connectivity index (χ1n) is 11.5. The van der Waals surface area contributed by atoms with Crippen molar-refractivity contribution in [2.24, 2.45) is 17.1 Å². The largest absolute Gasteiger partial charge is 0.369 e. The number of nitrogens with two attached hydrogens (primary N) is 1. The molecule has 1 aromatic heterocycles. The quantitative estimate of drug-likeness (QED) is 0.570. The van der Waals surface area contributed by atoms with Crippen molar-refractivity contribution >= 4 is 11.8 Å². The standard InChI is InChI=1S/C27H29N5O2/c1-19-4-2-3-5-22(19)14-27(26(29)34)10-11-32(25(33)13-24-16-30-18-31-24)17-23(27)12-20-6-8-21(15-28)9-7-20/h2-9,16,18,23H,10-14,17H2,1H3,(H2,29,34)(H,30,31). The molecule has 1 aliphatic heterocycles. The van der Waals surface area contributed by atoms with E-state index in [-0.39, 0.29) is 24.2 Å². The number of H-pyrrole nitrogens is 1. The van der Waals surface area contributed by atoms with Gasteiger partial charge in [-0.15, -0.1) is 0 Å². The van der Waals surface area contributed by atoms with Crippen molar-refractivity contribution in [3.63, 3.8) is 0 Å². The lowest BCUT2D eigenvalue weighted by Gasteiger charge is -2.46. The Balaban J connectivity index is 1.65. The van der Waals surface area contributed by atoms with E-state index >= 15 is 0 Å². The molecule has 2 unspecified atom stereocenters. The Morgan fingerprint density at radius 2 is 2.00 bits per heavy atom. The number of benzene rings is 2. The molecule has 174 valence electrons. The van der Waals surface area contributed by atoms with Gasteiger partial charge >= 0.3 is 0 Å². The van der Waals surface area contributed by atoms with Crippen LogP contribution in [0.5, 0.6) is 0 Å². The fourth-order valence-corrected chi connectivity index (χ4v) is 5.01. The van der Waals surface area contributed by atoms with Gasteiger partial charge < -0.3 is 15.6 Å². The average Bonchev–Trinajstić information content (AvgIpc) is 3.35. The zero-order valence-electron chi connectivity index (χ0n) is 19.3. The molecule has 1 saturated heterocycles. The highest BCUT2D eigenvalue weighted by Gasteiger charge is 2.48. The second kappa shape index (κ2) is 9.92. The van der Waals surface area contributed by atoms with Gasteiger partial charge in [-0.25, -0.2) is 4.98 Å². The third kappa shape index (κ3) is 4.86. The van der Waals surface area contributed by atoms with Crippen LogP contribution >= 0.6 is 0 Å². The van der Waals surface area contributed by atoms with Gasteiger partial charge in [-0.3, -0.25) is 9.59 Å². The van der Waals surface area contributed by atoms with Gasteiger partial charge in [-0.2, -0.15) is 5.26 Å². The smallest absolute Gasteiger partial charge is 0.228 e. The number of nitriles is 1. The Labute approximate surface area is 199 Å². The highest BCUT2D eigenvalue weighted by atomic mass is 16.2. The van der Waals surface area contributed by atoms with Crippen LogP contribution in [-0.2, 0) is 28.9 Å². The summed E-state index contributed by atoms with van der Waals surface area (Å²) < 4.78 is 0. The summed E-state index contributed by atoms with van der Waals surface area (Å²) in [6.45, 7) is 2.97. The molecule has 0 radical (unpaired) electrons. The number of nitrogens with one attached hydrogen (secondary N) is 1. The molecule has 1 aliphatic rings. The minimum Gasteiger partial charge on any atom is -0.369 e. The number of aromatic nitrogens is 2. The van der Waals surface area contributed by atoms with E-state index in [0.29, 0.717) is 37.9 Å². The molecule has 0 aliphatic carbocycles. The number of likely N-dealkylation sites (tertiary alicyclic amines) is 1. The molecule has 3 N–H and O–H groups in total. The summed E-state index contributed by atoms with van der Waals surface area (Å²) in [5, 5.41) is 9.13. The third-order valence-corrected chi connectivity index (χ3v) is 7.12. The minimum atomic E-state index is -0.773. The lowest BCUT2D eigenvalue weighted by molar-refractivity contribution is -0.143. The van der Waals surface area contributed by atoms with Crippen LogP contribution in [0.3, 0.4) is 0 Å². The summed E-state index contributed by atoms with van der Waals surface area (Å²) in [5.41, 5.74) is 9.94. The molecule has 7 nitrogen and oxygen atoms in total. The monoisotopic (exact) mass is 455 g/mol. The topological polar surface area (TPSA) is 116 Å². The Kier molecular flexibility index (Phi) is 6.78. The zero-order valence-corrected chi connectivity index (χ0v) is 19.3. The predicted molar refractivity (Wildman–Crippen MR) is 128 cm³/mol. The number of carbonyl (C=O) groups excluding carboxylic acids is 2.